The van der Waals surface area contributed by atoms with E-state index in [0.717, 1.165) is 19.3 Å². The Morgan fingerprint density at radius 3 is 2.51 bits per heavy atom. The van der Waals surface area contributed by atoms with Crippen LogP contribution in [0.1, 0.15) is 91.7 Å². The van der Waals surface area contributed by atoms with E-state index in [1.807, 2.05) is 6.92 Å². The molecule has 4 saturated carbocycles. The number of rotatable bonds is 8. The van der Waals surface area contributed by atoms with Gasteiger partial charge in [0.05, 0.1) is 13.6 Å². The second kappa shape index (κ2) is 12.7. The Hall–Kier alpha value is -1.56. The molecule has 4 aliphatic carbocycles. The van der Waals surface area contributed by atoms with Gasteiger partial charge in [0.1, 0.15) is 24.9 Å². The van der Waals surface area contributed by atoms with Gasteiger partial charge in [0, 0.05) is 11.9 Å². The average molecular weight is 614 g/mol. The Morgan fingerprint density at radius 2 is 1.79 bits per heavy atom. The first-order valence-corrected chi connectivity index (χ1v) is 15.7. The third-order valence-corrected chi connectivity index (χ3v) is 11.8. The normalized spacial score (nSPS) is 54.0. The molecule has 0 bridgehead atoms. The van der Waals surface area contributed by atoms with Crippen molar-refractivity contribution in [2.75, 3.05) is 6.61 Å². The van der Waals surface area contributed by atoms with Gasteiger partial charge in [0.15, 0.2) is 6.10 Å². The summed E-state index contributed by atoms with van der Waals surface area (Å²) in [7, 11) is 0. The van der Waals surface area contributed by atoms with Crippen molar-refractivity contribution < 1.29 is 56.2 Å². The van der Waals surface area contributed by atoms with E-state index >= 15 is 0 Å². The fourth-order valence-electron chi connectivity index (χ4n) is 9.47. The Kier molecular flexibility index (Phi) is 7.85. The monoisotopic (exact) mass is 613 g/mol. The maximum atomic E-state index is 12.9. The summed E-state index contributed by atoms with van der Waals surface area (Å²) in [5.41, 5.74) is -1.05. The van der Waals surface area contributed by atoms with Crippen LogP contribution in [0.25, 0.3) is 0 Å². The van der Waals surface area contributed by atoms with Gasteiger partial charge < -0.3 is 39.7 Å². The highest BCUT2D eigenvalue weighted by Crippen LogP contribution is 2.68. The molecule has 5 rings (SSSR count). The summed E-state index contributed by atoms with van der Waals surface area (Å²) >= 11 is 0. The highest BCUT2D eigenvalue weighted by atomic mass is 16.7. The van der Waals surface area contributed by atoms with Gasteiger partial charge in [-0.05, 0) is 104 Å². The largest absolute Gasteiger partial charge is 0.459 e. The topological polar surface area (TPSA) is 163 Å². The number of aliphatic hydroxyl groups excluding tert-OH is 4. The summed E-state index contributed by atoms with van der Waals surface area (Å²) in [6.07, 6.45) is -12.9. The molecule has 1 saturated heterocycles. The number of fused-ring (bicyclic) bond motifs is 5. The zero-order valence-electron chi connectivity index (χ0n) is 30.4. The second-order valence-corrected chi connectivity index (χ2v) is 14.0. The molecule has 0 aromatic carbocycles. The van der Waals surface area contributed by atoms with Crippen LogP contribution in [0.3, 0.4) is 0 Å². The van der Waals surface area contributed by atoms with Gasteiger partial charge in [-0.1, -0.05) is 33.4 Å². The molecule has 0 unspecified atom stereocenters. The van der Waals surface area contributed by atoms with Crippen molar-refractivity contribution in [3.8, 4) is 0 Å². The summed E-state index contributed by atoms with van der Waals surface area (Å²) in [5, 5.41) is 53.2. The second-order valence-electron chi connectivity index (χ2n) is 14.0. The van der Waals surface area contributed by atoms with Gasteiger partial charge in [0.25, 0.3) is 0 Å². The molecule has 5 fully saturated rings. The predicted molar refractivity (Wildman–Crippen MR) is 155 cm³/mol. The first-order valence-electron chi connectivity index (χ1n) is 18.2. The molecule has 0 aromatic rings. The summed E-state index contributed by atoms with van der Waals surface area (Å²) in [5.74, 6) is -2.63. The number of hydrogen-bond donors (Lipinski definition) is 5. The van der Waals surface area contributed by atoms with Gasteiger partial charge in [-0.15, -0.1) is 0 Å². The fourth-order valence-corrected chi connectivity index (χ4v) is 9.47. The SMILES string of the molecule is [2H]C1([2H])C[C@@]2(C)[C@H](C[C@@H](O)[C@@H]3[C@@H]2CC[C@]2(C)[C@@H]([C@H](C)CCC(=O)O[C@@H]4O[C@H](C(=O)OCC=C)[C@@H](O)[C@H](O)[C@H]4O)CC[C@@H]32)C([2H])([2H])[C@]1([2H])O. The lowest BCUT2D eigenvalue weighted by Gasteiger charge is -2.62. The van der Waals surface area contributed by atoms with E-state index < -0.39 is 78.9 Å². The Balaban J connectivity index is 1.24. The smallest absolute Gasteiger partial charge is 0.338 e. The van der Waals surface area contributed by atoms with Crippen LogP contribution in [0.15, 0.2) is 12.7 Å². The average Bonchev–Trinajstić information content (AvgIpc) is 3.36. The van der Waals surface area contributed by atoms with Crippen molar-refractivity contribution in [1.29, 1.82) is 0 Å². The summed E-state index contributed by atoms with van der Waals surface area (Å²) in [4.78, 5) is 25.2. The van der Waals surface area contributed by atoms with Gasteiger partial charge in [-0.2, -0.15) is 0 Å². The molecule has 0 aromatic heterocycles. The standard InChI is InChI=1S/C33H52O10/c1-5-14-41-30(40)29-27(38)26(37)28(39)31(43-29)42-24(36)9-6-17(2)20-7-8-21-25-22(11-13-33(20,21)4)32(3)12-10-19(34)15-18(32)16-23(25)35/h5,17-23,25-29,31,34-35,37-39H,1,6-16H2,2-4H3/t17-,18+,19-,20-,21+,22+,23-,25+,26+,27+,28-,29+,31-,32+,33-/m1/s1/i10D2,15D2,19D. The van der Waals surface area contributed by atoms with Gasteiger partial charge in [-0.25, -0.2) is 4.79 Å². The quantitative estimate of drug-likeness (QED) is 0.203. The molecule has 1 aliphatic heterocycles. The van der Waals surface area contributed by atoms with Crippen molar-refractivity contribution >= 4 is 11.9 Å². The number of hydrogen-bond acceptors (Lipinski definition) is 10. The number of carbonyl (C=O) groups is 2. The molecule has 244 valence electrons. The van der Waals surface area contributed by atoms with Crippen molar-refractivity contribution in [3.63, 3.8) is 0 Å². The predicted octanol–water partition coefficient (Wildman–Crippen LogP) is 2.47. The Labute approximate surface area is 261 Å². The molecule has 15 atom stereocenters. The van der Waals surface area contributed by atoms with E-state index in [1.54, 1.807) is 0 Å². The van der Waals surface area contributed by atoms with E-state index in [1.165, 1.54) is 6.08 Å². The Morgan fingerprint density at radius 1 is 1.07 bits per heavy atom. The molecule has 0 radical (unpaired) electrons. The maximum absolute atomic E-state index is 12.9. The van der Waals surface area contributed by atoms with Gasteiger partial charge in [-0.3, -0.25) is 4.79 Å². The minimum absolute atomic E-state index is 0.0378. The molecule has 5 aliphatic rings. The zero-order valence-corrected chi connectivity index (χ0v) is 25.4. The molecule has 10 nitrogen and oxygen atoms in total. The van der Waals surface area contributed by atoms with Crippen LogP contribution in [0.5, 0.6) is 0 Å². The van der Waals surface area contributed by atoms with Crippen molar-refractivity contribution in [3.05, 3.63) is 12.7 Å². The van der Waals surface area contributed by atoms with Crippen LogP contribution in [0.2, 0.25) is 0 Å². The van der Waals surface area contributed by atoms with Gasteiger partial charge >= 0.3 is 11.9 Å². The molecular weight excluding hydrogens is 556 g/mol. The minimum atomic E-state index is -2.93. The van der Waals surface area contributed by atoms with Crippen molar-refractivity contribution in [2.24, 2.45) is 46.3 Å². The van der Waals surface area contributed by atoms with Crippen LogP contribution in [0, 0.1) is 46.3 Å². The summed E-state index contributed by atoms with van der Waals surface area (Å²) in [6, 6.07) is 0. The fraction of sp³-hybridized carbons (Fsp3) is 0.879. The van der Waals surface area contributed by atoms with E-state index in [4.69, 9.17) is 21.1 Å². The first-order chi connectivity index (χ1) is 22.2. The molecule has 5 N–H and O–H groups in total. The van der Waals surface area contributed by atoms with Crippen molar-refractivity contribution in [2.45, 2.75) is 128 Å². The summed E-state index contributed by atoms with van der Waals surface area (Å²) in [6.45, 7) is 9.42. The van der Waals surface area contributed by atoms with Crippen LogP contribution in [-0.4, -0.2) is 87.0 Å². The van der Waals surface area contributed by atoms with Gasteiger partial charge in [0.2, 0.25) is 6.29 Å². The van der Waals surface area contributed by atoms with E-state index in [2.05, 4.69) is 20.4 Å². The molecule has 0 spiro atoms. The lowest BCUT2D eigenvalue weighted by atomic mass is 9.43. The van der Waals surface area contributed by atoms with Crippen molar-refractivity contribution in [1.82, 2.24) is 0 Å². The van der Waals surface area contributed by atoms with Crippen LogP contribution in [0.4, 0.5) is 0 Å². The van der Waals surface area contributed by atoms with Crippen LogP contribution >= 0.6 is 0 Å². The zero-order chi connectivity index (χ0) is 35.8. The molecule has 1 heterocycles. The molecule has 43 heavy (non-hydrogen) atoms. The lowest BCUT2D eigenvalue weighted by Crippen LogP contribution is -2.60. The molecule has 10 heteroatoms. The molecule has 0 amide bonds. The van der Waals surface area contributed by atoms with E-state index in [-0.39, 0.29) is 60.9 Å². The number of aliphatic hydroxyl groups is 5. The number of carbonyl (C=O) groups excluding carboxylic acids is 2. The highest BCUT2D eigenvalue weighted by Gasteiger charge is 2.63. The first kappa shape index (κ1) is 26.6. The third-order valence-electron chi connectivity index (χ3n) is 11.8. The van der Waals surface area contributed by atoms with E-state index in [0.29, 0.717) is 12.8 Å². The number of esters is 2. The molecular formula is C33H52O10. The highest BCUT2D eigenvalue weighted by molar-refractivity contribution is 5.76. The maximum Gasteiger partial charge on any atom is 0.338 e. The minimum Gasteiger partial charge on any atom is -0.459 e. The van der Waals surface area contributed by atoms with Crippen LogP contribution in [-0.2, 0) is 23.8 Å². The summed E-state index contributed by atoms with van der Waals surface area (Å²) < 4.78 is 58.3. The Bertz CT molecular complexity index is 1250. The van der Waals surface area contributed by atoms with E-state index in [9.17, 15) is 35.1 Å². The number of ether oxygens (including phenoxy) is 3. The van der Waals surface area contributed by atoms with Crippen LogP contribution < -0.4 is 0 Å². The third kappa shape index (κ3) is 5.92. The lowest BCUT2D eigenvalue weighted by molar-refractivity contribution is -0.287.